The maximum atomic E-state index is 13.1. The predicted molar refractivity (Wildman–Crippen MR) is 113 cm³/mol. The van der Waals surface area contributed by atoms with Crippen molar-refractivity contribution in [1.29, 1.82) is 0 Å². The molecule has 0 atom stereocenters. The summed E-state index contributed by atoms with van der Waals surface area (Å²) in [5.41, 5.74) is -3.06. The van der Waals surface area contributed by atoms with Gasteiger partial charge in [-0.15, -0.1) is 0 Å². The number of hydrogen-bond donors (Lipinski definition) is 1. The fraction of sp³-hybridized carbons (Fsp3) is 0.389. The minimum Gasteiger partial charge on any atom is -0.297 e. The van der Waals surface area contributed by atoms with Gasteiger partial charge in [-0.3, -0.25) is 18.4 Å². The summed E-state index contributed by atoms with van der Waals surface area (Å²) in [5.74, 6) is 0. The van der Waals surface area contributed by atoms with Crippen LogP contribution in [0.4, 0.5) is 13.2 Å². The van der Waals surface area contributed by atoms with Crippen LogP contribution in [-0.2, 0) is 33.4 Å². The standard InChI is InChI=1S/C18H20F3N4O5PS/c1-4-29-31(28,30-5-2)22-10-13-12-8-11(6-7-14(12)32-23-13)25-16(26)9-15(18(19,20)21)24(3)17(25)27/h6-9H,4-5,10H2,1-3H3,(H,22,28). The quantitative estimate of drug-likeness (QED) is 0.481. The molecule has 2 heterocycles. The Balaban J connectivity index is 2.03. The second-order valence-corrected chi connectivity index (χ2v) is 9.15. The molecule has 174 valence electrons. The Bertz CT molecular complexity index is 1290. The van der Waals surface area contributed by atoms with Crippen LogP contribution < -0.4 is 16.3 Å². The molecule has 14 heteroatoms. The van der Waals surface area contributed by atoms with Gasteiger partial charge in [-0.05, 0) is 43.6 Å². The summed E-state index contributed by atoms with van der Waals surface area (Å²) in [6.07, 6.45) is -4.85. The van der Waals surface area contributed by atoms with Crippen molar-refractivity contribution in [3.63, 3.8) is 0 Å². The van der Waals surface area contributed by atoms with Crippen LogP contribution in [0.5, 0.6) is 0 Å². The zero-order valence-electron chi connectivity index (χ0n) is 17.3. The molecule has 9 nitrogen and oxygen atoms in total. The highest BCUT2D eigenvalue weighted by atomic mass is 32.1. The van der Waals surface area contributed by atoms with E-state index >= 15 is 0 Å². The summed E-state index contributed by atoms with van der Waals surface area (Å²) in [5, 5.41) is 3.24. The molecule has 0 bridgehead atoms. The topological polar surface area (TPSA) is 104 Å². The van der Waals surface area contributed by atoms with Gasteiger partial charge >= 0.3 is 19.6 Å². The van der Waals surface area contributed by atoms with Gasteiger partial charge in [-0.25, -0.2) is 19.0 Å². The van der Waals surface area contributed by atoms with Gasteiger partial charge in [0.15, 0.2) is 0 Å². The highest BCUT2D eigenvalue weighted by Crippen LogP contribution is 2.44. The molecule has 32 heavy (non-hydrogen) atoms. The minimum absolute atomic E-state index is 0.000646. The third-order valence-corrected chi connectivity index (χ3v) is 7.04. The van der Waals surface area contributed by atoms with Crippen molar-refractivity contribution in [2.75, 3.05) is 13.2 Å². The highest BCUT2D eigenvalue weighted by molar-refractivity contribution is 7.51. The molecule has 1 aromatic carbocycles. The number of nitrogens with zero attached hydrogens (tertiary/aromatic N) is 3. The fourth-order valence-electron chi connectivity index (χ4n) is 3.02. The fourth-order valence-corrected chi connectivity index (χ4v) is 5.07. The molecular weight excluding hydrogens is 472 g/mol. The number of halogens is 3. The number of aromatic nitrogens is 3. The molecule has 0 spiro atoms. The third kappa shape index (κ3) is 4.86. The molecule has 3 rings (SSSR count). The summed E-state index contributed by atoms with van der Waals surface area (Å²) in [6, 6.07) is 4.89. The highest BCUT2D eigenvalue weighted by Gasteiger charge is 2.35. The molecule has 0 fully saturated rings. The first-order chi connectivity index (χ1) is 15.0. The number of hydrogen-bond acceptors (Lipinski definition) is 7. The van der Waals surface area contributed by atoms with Crippen molar-refractivity contribution in [1.82, 2.24) is 18.6 Å². The van der Waals surface area contributed by atoms with Crippen LogP contribution in [0.2, 0.25) is 0 Å². The molecule has 0 amide bonds. The van der Waals surface area contributed by atoms with E-state index in [1.54, 1.807) is 19.9 Å². The Labute approximate surface area is 184 Å². The Morgan fingerprint density at radius 2 is 1.81 bits per heavy atom. The molecule has 0 saturated carbocycles. The maximum absolute atomic E-state index is 13.1. The lowest BCUT2D eigenvalue weighted by Gasteiger charge is -2.17. The molecule has 2 aromatic heterocycles. The second-order valence-electron chi connectivity index (χ2n) is 6.52. The number of fused-ring (bicyclic) bond motifs is 1. The molecule has 0 unspecified atom stereocenters. The molecule has 0 saturated heterocycles. The first kappa shape index (κ1) is 24.3. The Hall–Kier alpha value is -2.31. The molecular formula is C18H20F3N4O5PS. The first-order valence-electron chi connectivity index (χ1n) is 9.44. The SMILES string of the molecule is CCOP(=O)(NCc1nsc2ccc(-n3c(=O)cc(C(F)(F)F)n(C)c3=O)cc12)OCC. The summed E-state index contributed by atoms with van der Waals surface area (Å²) in [6.45, 7) is 3.65. The van der Waals surface area contributed by atoms with Crippen molar-refractivity contribution >= 4 is 29.4 Å². The Morgan fingerprint density at radius 1 is 1.16 bits per heavy atom. The Kier molecular flexibility index (Phi) is 7.06. The van der Waals surface area contributed by atoms with E-state index in [2.05, 4.69) is 9.46 Å². The average molecular weight is 492 g/mol. The van der Waals surface area contributed by atoms with Crippen LogP contribution in [0.15, 0.2) is 33.9 Å². The van der Waals surface area contributed by atoms with Crippen LogP contribution in [0.1, 0.15) is 25.2 Å². The summed E-state index contributed by atoms with van der Waals surface area (Å²) in [4.78, 5) is 24.9. The predicted octanol–water partition coefficient (Wildman–Crippen LogP) is 3.44. The van der Waals surface area contributed by atoms with Gasteiger partial charge in [-0.2, -0.15) is 17.5 Å². The largest absolute Gasteiger partial charge is 0.431 e. The lowest BCUT2D eigenvalue weighted by Crippen LogP contribution is -2.40. The zero-order chi connectivity index (χ0) is 23.7. The smallest absolute Gasteiger partial charge is 0.297 e. The van der Waals surface area contributed by atoms with E-state index in [1.165, 1.54) is 12.1 Å². The average Bonchev–Trinajstić information content (AvgIpc) is 3.11. The van der Waals surface area contributed by atoms with Gasteiger partial charge < -0.3 is 0 Å². The van der Waals surface area contributed by atoms with Gasteiger partial charge in [0.2, 0.25) is 0 Å². The van der Waals surface area contributed by atoms with Gasteiger partial charge in [0, 0.05) is 18.5 Å². The molecule has 3 aromatic rings. The number of rotatable bonds is 8. The lowest BCUT2D eigenvalue weighted by atomic mass is 10.2. The molecule has 0 aliphatic heterocycles. The van der Waals surface area contributed by atoms with E-state index in [0.29, 0.717) is 31.0 Å². The number of alkyl halides is 3. The molecule has 0 radical (unpaired) electrons. The summed E-state index contributed by atoms with van der Waals surface area (Å²) >= 11 is 1.13. The Morgan fingerprint density at radius 3 is 2.41 bits per heavy atom. The van der Waals surface area contributed by atoms with Gasteiger partial charge in [-0.1, -0.05) is 0 Å². The summed E-state index contributed by atoms with van der Waals surface area (Å²) < 4.78 is 68.2. The van der Waals surface area contributed by atoms with Crippen LogP contribution in [0, 0.1) is 0 Å². The molecule has 1 N–H and O–H groups in total. The van der Waals surface area contributed by atoms with E-state index in [1.807, 2.05) is 0 Å². The monoisotopic (exact) mass is 492 g/mol. The van der Waals surface area contributed by atoms with Crippen molar-refractivity contribution in [3.8, 4) is 5.69 Å². The van der Waals surface area contributed by atoms with E-state index < -0.39 is 30.9 Å². The van der Waals surface area contributed by atoms with Crippen molar-refractivity contribution in [2.24, 2.45) is 7.05 Å². The minimum atomic E-state index is -4.85. The van der Waals surface area contributed by atoms with Gasteiger partial charge in [0.25, 0.3) is 5.56 Å². The van der Waals surface area contributed by atoms with E-state index in [4.69, 9.17) is 9.05 Å². The number of nitrogens with one attached hydrogen (secondary N) is 1. The van der Waals surface area contributed by atoms with E-state index in [-0.39, 0.29) is 25.4 Å². The van der Waals surface area contributed by atoms with Crippen LogP contribution >= 0.6 is 19.3 Å². The van der Waals surface area contributed by atoms with Crippen molar-refractivity contribution < 1.29 is 26.8 Å². The lowest BCUT2D eigenvalue weighted by molar-refractivity contribution is -0.144. The number of benzene rings is 1. The van der Waals surface area contributed by atoms with Crippen LogP contribution in [-0.4, -0.2) is 26.7 Å². The molecule has 0 aliphatic carbocycles. The van der Waals surface area contributed by atoms with E-state index in [0.717, 1.165) is 18.6 Å². The maximum Gasteiger partial charge on any atom is 0.431 e. The van der Waals surface area contributed by atoms with Crippen molar-refractivity contribution in [3.05, 3.63) is 56.5 Å². The third-order valence-electron chi connectivity index (χ3n) is 4.44. The zero-order valence-corrected chi connectivity index (χ0v) is 19.0. The van der Waals surface area contributed by atoms with Crippen LogP contribution in [0.25, 0.3) is 15.8 Å². The van der Waals surface area contributed by atoms with Crippen LogP contribution in [0.3, 0.4) is 0 Å². The van der Waals surface area contributed by atoms with Crippen molar-refractivity contribution in [2.45, 2.75) is 26.6 Å². The summed E-state index contributed by atoms with van der Waals surface area (Å²) in [7, 11) is -2.61. The van der Waals surface area contributed by atoms with Gasteiger partial charge in [0.05, 0.1) is 35.8 Å². The van der Waals surface area contributed by atoms with Gasteiger partial charge in [0.1, 0.15) is 5.69 Å². The normalized spacial score (nSPS) is 12.6. The second kappa shape index (κ2) is 9.28. The molecule has 0 aliphatic rings. The van der Waals surface area contributed by atoms with E-state index in [9.17, 15) is 27.3 Å². The first-order valence-corrected chi connectivity index (χ1v) is 11.8.